The molecule has 0 amide bonds. The number of anilines is 1. The smallest absolute Gasteiger partial charge is 0.311 e. The van der Waals surface area contributed by atoms with Crippen molar-refractivity contribution in [2.24, 2.45) is 0 Å². The summed E-state index contributed by atoms with van der Waals surface area (Å²) in [7, 11) is 0. The average molecular weight is 528 g/mol. The first-order valence-corrected chi connectivity index (χ1v) is 11.3. The Balaban J connectivity index is 1.27. The van der Waals surface area contributed by atoms with Crippen LogP contribution in [0.2, 0.25) is 0 Å². The zero-order valence-electron chi connectivity index (χ0n) is 17.8. The second-order valence-corrected chi connectivity index (χ2v) is 8.56. The molecule has 0 bridgehead atoms. The number of fused-ring (bicyclic) bond motifs is 1. The summed E-state index contributed by atoms with van der Waals surface area (Å²) in [4.78, 5) is 24.3. The maximum absolute atomic E-state index is 13.1. The molecule has 1 N–H and O–H groups in total. The predicted molar refractivity (Wildman–Crippen MR) is 126 cm³/mol. The first-order valence-electron chi connectivity index (χ1n) is 10.5. The number of nitro benzene ring substituents is 1. The van der Waals surface area contributed by atoms with Crippen LogP contribution in [-0.4, -0.2) is 56.2 Å². The van der Waals surface area contributed by atoms with E-state index < -0.39 is 10.7 Å². The van der Waals surface area contributed by atoms with Crippen molar-refractivity contribution in [2.45, 2.75) is 6.54 Å². The minimum atomic E-state index is -0.469. The molecule has 1 fully saturated rings. The number of piperazine rings is 1. The third-order valence-electron chi connectivity index (χ3n) is 5.63. The lowest BCUT2D eigenvalue weighted by atomic mass is 10.1. The van der Waals surface area contributed by atoms with Crippen molar-refractivity contribution in [3.05, 3.63) is 74.9 Å². The van der Waals surface area contributed by atoms with Crippen LogP contribution in [0.5, 0.6) is 11.5 Å². The van der Waals surface area contributed by atoms with Crippen molar-refractivity contribution in [3.63, 3.8) is 0 Å². The van der Waals surface area contributed by atoms with Crippen LogP contribution in [0.25, 0.3) is 11.0 Å². The van der Waals surface area contributed by atoms with Crippen molar-refractivity contribution in [1.29, 1.82) is 0 Å². The highest BCUT2D eigenvalue weighted by Crippen LogP contribution is 2.33. The Morgan fingerprint density at radius 1 is 1.12 bits per heavy atom. The second-order valence-electron chi connectivity index (χ2n) is 7.81. The van der Waals surface area contributed by atoms with E-state index in [4.69, 9.17) is 4.74 Å². The molecule has 0 radical (unpaired) electrons. The minimum absolute atomic E-state index is 0.114. The lowest BCUT2D eigenvalue weighted by molar-refractivity contribution is -0.385. The standard InChI is InChI=1S/C22H19BrFN7O3/c23-20-19-21(28-27-20)25-13-26-22(19)30-9-7-29(8-10-30)12-14-1-6-18(17(11-14)31(32)33)34-16-4-2-15(24)3-5-16/h1-6,11,13H,7-10,12H2,(H,25,26,27,28). The van der Waals surface area contributed by atoms with Crippen molar-refractivity contribution >= 4 is 38.5 Å². The molecule has 3 heterocycles. The Morgan fingerprint density at radius 2 is 1.88 bits per heavy atom. The fraction of sp³-hybridized carbons (Fsp3) is 0.227. The molecule has 0 unspecified atom stereocenters. The monoisotopic (exact) mass is 527 g/mol. The normalized spacial score (nSPS) is 14.5. The van der Waals surface area contributed by atoms with Gasteiger partial charge in [-0.25, -0.2) is 14.4 Å². The van der Waals surface area contributed by atoms with Gasteiger partial charge in [-0.1, -0.05) is 6.07 Å². The minimum Gasteiger partial charge on any atom is -0.450 e. The van der Waals surface area contributed by atoms with Crippen molar-refractivity contribution in [2.75, 3.05) is 31.1 Å². The van der Waals surface area contributed by atoms with Crippen molar-refractivity contribution in [3.8, 4) is 11.5 Å². The summed E-state index contributed by atoms with van der Waals surface area (Å²) in [6.07, 6.45) is 1.52. The lowest BCUT2D eigenvalue weighted by Crippen LogP contribution is -2.46. The number of ether oxygens (including phenoxy) is 1. The van der Waals surface area contributed by atoms with Gasteiger partial charge in [-0.05, 0) is 51.8 Å². The van der Waals surface area contributed by atoms with Gasteiger partial charge in [-0.15, -0.1) is 0 Å². The Hall–Kier alpha value is -3.64. The quantitative estimate of drug-likeness (QED) is 0.292. The van der Waals surface area contributed by atoms with Crippen LogP contribution < -0.4 is 9.64 Å². The third kappa shape index (κ3) is 4.54. The molecule has 0 atom stereocenters. The average Bonchev–Trinajstić information content (AvgIpc) is 3.23. The van der Waals surface area contributed by atoms with E-state index in [1.54, 1.807) is 6.07 Å². The van der Waals surface area contributed by atoms with Gasteiger partial charge in [-0.2, -0.15) is 5.10 Å². The molecule has 1 aliphatic heterocycles. The summed E-state index contributed by atoms with van der Waals surface area (Å²) in [5, 5.41) is 19.5. The largest absolute Gasteiger partial charge is 0.450 e. The summed E-state index contributed by atoms with van der Waals surface area (Å²) < 4.78 is 19.4. The molecule has 5 rings (SSSR count). The maximum Gasteiger partial charge on any atom is 0.311 e. The van der Waals surface area contributed by atoms with Gasteiger partial charge in [0.1, 0.15) is 28.3 Å². The Kier molecular flexibility index (Phi) is 6.07. The summed E-state index contributed by atoms with van der Waals surface area (Å²) >= 11 is 3.45. The lowest BCUT2D eigenvalue weighted by Gasteiger charge is -2.35. The van der Waals surface area contributed by atoms with E-state index >= 15 is 0 Å². The van der Waals surface area contributed by atoms with Crippen LogP contribution in [0.15, 0.2) is 53.4 Å². The first-order chi connectivity index (χ1) is 16.5. The highest BCUT2D eigenvalue weighted by molar-refractivity contribution is 9.10. The number of H-pyrrole nitrogens is 1. The zero-order chi connectivity index (χ0) is 23.7. The molecule has 10 nitrogen and oxygen atoms in total. The zero-order valence-corrected chi connectivity index (χ0v) is 19.4. The van der Waals surface area contributed by atoms with E-state index in [-0.39, 0.29) is 11.4 Å². The number of rotatable bonds is 6. The number of aromatic nitrogens is 4. The number of nitrogens with one attached hydrogen (secondary N) is 1. The number of aromatic amines is 1. The van der Waals surface area contributed by atoms with E-state index in [0.717, 1.165) is 42.9 Å². The van der Waals surface area contributed by atoms with E-state index in [2.05, 4.69) is 45.9 Å². The van der Waals surface area contributed by atoms with Crippen LogP contribution in [0.4, 0.5) is 15.9 Å². The molecule has 2 aromatic carbocycles. The Morgan fingerprint density at radius 3 is 2.62 bits per heavy atom. The SMILES string of the molecule is O=[N+]([O-])c1cc(CN2CCN(c3ncnc4[nH]nc(Br)c34)CC2)ccc1Oc1ccc(F)cc1. The Labute approximate surface area is 201 Å². The van der Waals surface area contributed by atoms with E-state index in [1.807, 2.05) is 6.07 Å². The number of nitrogens with zero attached hydrogens (tertiary/aromatic N) is 6. The molecule has 4 aromatic rings. The topological polar surface area (TPSA) is 113 Å². The molecule has 0 spiro atoms. The molecule has 0 saturated carbocycles. The van der Waals surface area contributed by atoms with Crippen LogP contribution in [0.3, 0.4) is 0 Å². The highest BCUT2D eigenvalue weighted by atomic mass is 79.9. The number of nitro groups is 1. The van der Waals surface area contributed by atoms with Gasteiger partial charge in [0.05, 0.1) is 10.3 Å². The maximum atomic E-state index is 13.1. The van der Waals surface area contributed by atoms with Crippen molar-refractivity contribution in [1.82, 2.24) is 25.1 Å². The van der Waals surface area contributed by atoms with E-state index in [9.17, 15) is 14.5 Å². The molecule has 12 heteroatoms. The van der Waals surface area contributed by atoms with Gasteiger partial charge < -0.3 is 9.64 Å². The summed E-state index contributed by atoms with van der Waals surface area (Å²) in [5.74, 6) is 0.863. The number of benzene rings is 2. The van der Waals surface area contributed by atoms with Gasteiger partial charge in [0.15, 0.2) is 5.65 Å². The number of hydrogen-bond donors (Lipinski definition) is 1. The van der Waals surface area contributed by atoms with Crippen molar-refractivity contribution < 1.29 is 14.1 Å². The van der Waals surface area contributed by atoms with Crippen LogP contribution >= 0.6 is 15.9 Å². The predicted octanol–water partition coefficient (Wildman–Crippen LogP) is 4.28. The summed E-state index contributed by atoms with van der Waals surface area (Å²) in [5.41, 5.74) is 1.36. The Bertz CT molecular complexity index is 1340. The first kappa shape index (κ1) is 22.2. The fourth-order valence-electron chi connectivity index (χ4n) is 3.94. The van der Waals surface area contributed by atoms with Gasteiger partial charge in [0, 0.05) is 38.8 Å². The molecule has 1 saturated heterocycles. The molecule has 1 aliphatic rings. The molecule has 0 aliphatic carbocycles. The summed E-state index contributed by atoms with van der Waals surface area (Å²) in [6, 6.07) is 10.3. The summed E-state index contributed by atoms with van der Waals surface area (Å²) in [6.45, 7) is 3.60. The molecule has 2 aromatic heterocycles. The molecule has 34 heavy (non-hydrogen) atoms. The molecular formula is C22H19BrFN7O3. The molecule has 174 valence electrons. The second kappa shape index (κ2) is 9.31. The molecular weight excluding hydrogens is 509 g/mol. The van der Waals surface area contributed by atoms with Gasteiger partial charge in [0.2, 0.25) is 5.75 Å². The van der Waals surface area contributed by atoms with Crippen LogP contribution in [-0.2, 0) is 6.54 Å². The van der Waals surface area contributed by atoms with E-state index in [0.29, 0.717) is 22.5 Å². The number of hydrogen-bond acceptors (Lipinski definition) is 8. The third-order valence-corrected chi connectivity index (χ3v) is 6.21. The van der Waals surface area contributed by atoms with Gasteiger partial charge >= 0.3 is 5.69 Å². The highest BCUT2D eigenvalue weighted by Gasteiger charge is 2.23. The van der Waals surface area contributed by atoms with E-state index in [1.165, 1.54) is 36.7 Å². The van der Waals surface area contributed by atoms with Crippen LogP contribution in [0.1, 0.15) is 5.56 Å². The number of halogens is 2. The van der Waals surface area contributed by atoms with Crippen LogP contribution in [0, 0.1) is 15.9 Å². The van der Waals surface area contributed by atoms with Gasteiger partial charge in [0.25, 0.3) is 0 Å². The van der Waals surface area contributed by atoms with Gasteiger partial charge in [-0.3, -0.25) is 20.1 Å². The fourth-order valence-corrected chi connectivity index (χ4v) is 4.40.